The van der Waals surface area contributed by atoms with Gasteiger partial charge in [-0.1, -0.05) is 31.2 Å². The lowest BCUT2D eigenvalue weighted by Gasteiger charge is -2.08. The molecular weight excluding hydrogens is 246 g/mol. The maximum Gasteiger partial charge on any atom is 0.114 e. The Morgan fingerprint density at radius 2 is 1.80 bits per heavy atom. The maximum absolute atomic E-state index is 5.74. The summed E-state index contributed by atoms with van der Waals surface area (Å²) < 4.78 is 2.33. The molecular formula is C17H19N3. The van der Waals surface area contributed by atoms with Crippen molar-refractivity contribution in [3.05, 3.63) is 59.9 Å². The number of aromatic nitrogens is 2. The van der Waals surface area contributed by atoms with Crippen LogP contribution in [0.4, 0.5) is 5.69 Å². The van der Waals surface area contributed by atoms with Crippen molar-refractivity contribution < 1.29 is 0 Å². The van der Waals surface area contributed by atoms with Crippen molar-refractivity contribution in [2.45, 2.75) is 26.3 Å². The van der Waals surface area contributed by atoms with Gasteiger partial charge in [-0.2, -0.15) is 0 Å². The largest absolute Gasteiger partial charge is 0.399 e. The molecule has 1 heterocycles. The maximum atomic E-state index is 5.74. The van der Waals surface area contributed by atoms with Gasteiger partial charge >= 0.3 is 0 Å². The minimum absolute atomic E-state index is 0.802. The van der Waals surface area contributed by atoms with E-state index in [1.807, 2.05) is 18.2 Å². The number of aryl methyl sites for hydroxylation is 1. The zero-order chi connectivity index (χ0) is 13.9. The summed E-state index contributed by atoms with van der Waals surface area (Å²) in [6, 6.07) is 16.4. The van der Waals surface area contributed by atoms with Gasteiger partial charge < -0.3 is 10.3 Å². The predicted molar refractivity (Wildman–Crippen MR) is 83.7 cm³/mol. The van der Waals surface area contributed by atoms with Crippen LogP contribution in [0.3, 0.4) is 0 Å². The van der Waals surface area contributed by atoms with Crippen molar-refractivity contribution in [1.82, 2.24) is 9.55 Å². The lowest BCUT2D eigenvalue weighted by Crippen LogP contribution is -2.04. The molecule has 0 fully saturated rings. The van der Waals surface area contributed by atoms with E-state index in [4.69, 9.17) is 10.7 Å². The third kappa shape index (κ3) is 2.39. The van der Waals surface area contributed by atoms with Gasteiger partial charge in [-0.3, -0.25) is 0 Å². The molecule has 0 spiro atoms. The lowest BCUT2D eigenvalue weighted by molar-refractivity contribution is 0.664. The SMILES string of the molecule is CCCn1c(Cc2ccc(N)cc2)nc2ccccc21. The van der Waals surface area contributed by atoms with Crippen LogP contribution in [0, 0.1) is 0 Å². The van der Waals surface area contributed by atoms with Crippen LogP contribution >= 0.6 is 0 Å². The molecule has 0 bridgehead atoms. The highest BCUT2D eigenvalue weighted by Gasteiger charge is 2.10. The fourth-order valence-corrected chi connectivity index (χ4v) is 2.55. The highest BCUT2D eigenvalue weighted by molar-refractivity contribution is 5.76. The van der Waals surface area contributed by atoms with Crippen LogP contribution in [0.15, 0.2) is 48.5 Å². The molecule has 0 amide bonds. The number of imidazole rings is 1. The highest BCUT2D eigenvalue weighted by Crippen LogP contribution is 2.19. The normalized spacial score (nSPS) is 11.1. The Balaban J connectivity index is 2.01. The van der Waals surface area contributed by atoms with Gasteiger partial charge in [-0.25, -0.2) is 4.98 Å². The molecule has 3 rings (SSSR count). The van der Waals surface area contributed by atoms with E-state index in [1.54, 1.807) is 0 Å². The summed E-state index contributed by atoms with van der Waals surface area (Å²) in [5.74, 6) is 1.12. The molecule has 3 aromatic rings. The number of para-hydroxylation sites is 2. The lowest BCUT2D eigenvalue weighted by atomic mass is 10.1. The van der Waals surface area contributed by atoms with E-state index in [9.17, 15) is 0 Å². The average molecular weight is 265 g/mol. The number of nitrogens with zero attached hydrogens (tertiary/aromatic N) is 2. The molecule has 3 nitrogen and oxygen atoms in total. The monoisotopic (exact) mass is 265 g/mol. The van der Waals surface area contributed by atoms with Gasteiger partial charge in [0, 0.05) is 18.7 Å². The summed E-state index contributed by atoms with van der Waals surface area (Å²) in [6.45, 7) is 3.20. The number of benzene rings is 2. The van der Waals surface area contributed by atoms with Gasteiger partial charge in [0.2, 0.25) is 0 Å². The van der Waals surface area contributed by atoms with E-state index in [2.05, 4.69) is 41.8 Å². The van der Waals surface area contributed by atoms with Crippen molar-refractivity contribution in [3.63, 3.8) is 0 Å². The van der Waals surface area contributed by atoms with Gasteiger partial charge in [0.05, 0.1) is 11.0 Å². The molecule has 102 valence electrons. The van der Waals surface area contributed by atoms with Crippen molar-refractivity contribution in [2.24, 2.45) is 0 Å². The minimum atomic E-state index is 0.802. The number of anilines is 1. The van der Waals surface area contributed by atoms with Gasteiger partial charge in [-0.05, 0) is 36.2 Å². The molecule has 2 N–H and O–H groups in total. The summed E-state index contributed by atoms with van der Waals surface area (Å²) in [4.78, 5) is 4.78. The highest BCUT2D eigenvalue weighted by atomic mass is 15.1. The van der Waals surface area contributed by atoms with Crippen LogP contribution < -0.4 is 5.73 Å². The van der Waals surface area contributed by atoms with Gasteiger partial charge in [-0.15, -0.1) is 0 Å². The fourth-order valence-electron chi connectivity index (χ4n) is 2.55. The van der Waals surface area contributed by atoms with Crippen LogP contribution in [0.2, 0.25) is 0 Å². The van der Waals surface area contributed by atoms with Crippen LogP contribution in [0.5, 0.6) is 0 Å². The predicted octanol–water partition coefficient (Wildman–Crippen LogP) is 3.62. The van der Waals surface area contributed by atoms with E-state index in [0.29, 0.717) is 0 Å². The molecule has 0 radical (unpaired) electrons. The van der Waals surface area contributed by atoms with Crippen molar-refractivity contribution in [3.8, 4) is 0 Å². The Bertz CT molecular complexity index is 711. The first-order chi connectivity index (χ1) is 9.78. The third-order valence-electron chi connectivity index (χ3n) is 3.52. The van der Waals surface area contributed by atoms with E-state index in [0.717, 1.165) is 36.4 Å². The molecule has 2 aromatic carbocycles. The number of fused-ring (bicyclic) bond motifs is 1. The molecule has 0 saturated carbocycles. The summed E-state index contributed by atoms with van der Waals surface area (Å²) in [6.07, 6.45) is 1.95. The topological polar surface area (TPSA) is 43.8 Å². The molecule has 1 aromatic heterocycles. The Labute approximate surface area is 119 Å². The summed E-state index contributed by atoms with van der Waals surface area (Å²) in [5, 5.41) is 0. The summed E-state index contributed by atoms with van der Waals surface area (Å²) in [5.41, 5.74) is 10.1. The molecule has 0 saturated heterocycles. The molecule has 0 aliphatic heterocycles. The molecule has 0 aliphatic carbocycles. The standard InChI is InChI=1S/C17H19N3/c1-2-11-20-16-6-4-3-5-15(16)19-17(20)12-13-7-9-14(18)10-8-13/h3-10H,2,11-12,18H2,1H3. The molecule has 0 unspecified atom stereocenters. The fraction of sp³-hybridized carbons (Fsp3) is 0.235. The first-order valence-corrected chi connectivity index (χ1v) is 7.06. The Morgan fingerprint density at radius 3 is 2.55 bits per heavy atom. The Hall–Kier alpha value is -2.29. The Morgan fingerprint density at radius 1 is 1.05 bits per heavy atom. The van der Waals surface area contributed by atoms with Crippen LogP contribution in [0.25, 0.3) is 11.0 Å². The van der Waals surface area contributed by atoms with Crippen molar-refractivity contribution >= 4 is 16.7 Å². The molecule has 0 aliphatic rings. The minimum Gasteiger partial charge on any atom is -0.399 e. The zero-order valence-electron chi connectivity index (χ0n) is 11.7. The number of hydrogen-bond donors (Lipinski definition) is 1. The zero-order valence-corrected chi connectivity index (χ0v) is 11.7. The molecule has 0 atom stereocenters. The van der Waals surface area contributed by atoms with Gasteiger partial charge in [0.25, 0.3) is 0 Å². The number of nitrogen functional groups attached to an aromatic ring is 1. The summed E-state index contributed by atoms with van der Waals surface area (Å²) >= 11 is 0. The molecule has 20 heavy (non-hydrogen) atoms. The summed E-state index contributed by atoms with van der Waals surface area (Å²) in [7, 11) is 0. The van der Waals surface area contributed by atoms with E-state index in [1.165, 1.54) is 11.1 Å². The molecule has 3 heteroatoms. The first-order valence-electron chi connectivity index (χ1n) is 7.06. The second kappa shape index (κ2) is 5.37. The first kappa shape index (κ1) is 12.7. The van der Waals surface area contributed by atoms with E-state index < -0.39 is 0 Å². The quantitative estimate of drug-likeness (QED) is 0.732. The second-order valence-corrected chi connectivity index (χ2v) is 5.09. The number of hydrogen-bond acceptors (Lipinski definition) is 2. The van der Waals surface area contributed by atoms with E-state index in [-0.39, 0.29) is 0 Å². The average Bonchev–Trinajstić information content (AvgIpc) is 2.80. The number of rotatable bonds is 4. The number of nitrogens with two attached hydrogens (primary N) is 1. The smallest absolute Gasteiger partial charge is 0.114 e. The van der Waals surface area contributed by atoms with Crippen LogP contribution in [0.1, 0.15) is 24.7 Å². The van der Waals surface area contributed by atoms with Crippen molar-refractivity contribution in [2.75, 3.05) is 5.73 Å². The Kier molecular flexibility index (Phi) is 3.42. The van der Waals surface area contributed by atoms with Crippen LogP contribution in [-0.2, 0) is 13.0 Å². The second-order valence-electron chi connectivity index (χ2n) is 5.09. The van der Waals surface area contributed by atoms with E-state index >= 15 is 0 Å². The van der Waals surface area contributed by atoms with Crippen molar-refractivity contribution in [1.29, 1.82) is 0 Å². The van der Waals surface area contributed by atoms with Gasteiger partial charge in [0.15, 0.2) is 0 Å². The van der Waals surface area contributed by atoms with Crippen LogP contribution in [-0.4, -0.2) is 9.55 Å². The third-order valence-corrected chi connectivity index (χ3v) is 3.52. The van der Waals surface area contributed by atoms with Gasteiger partial charge in [0.1, 0.15) is 5.82 Å².